The van der Waals surface area contributed by atoms with Crippen LogP contribution in [0.1, 0.15) is 41.6 Å². The van der Waals surface area contributed by atoms with Gasteiger partial charge >= 0.3 is 0 Å². The van der Waals surface area contributed by atoms with Crippen LogP contribution in [0.25, 0.3) is 11.3 Å². The third-order valence-electron chi connectivity index (χ3n) is 5.49. The summed E-state index contributed by atoms with van der Waals surface area (Å²) >= 11 is 0. The largest absolute Gasteiger partial charge is 0.337 e. The van der Waals surface area contributed by atoms with Gasteiger partial charge in [0.25, 0.3) is 5.91 Å². The minimum atomic E-state index is 0.129. The zero-order valence-electron chi connectivity index (χ0n) is 16.3. The average molecular weight is 374 g/mol. The first-order valence-corrected chi connectivity index (χ1v) is 10.0. The van der Waals surface area contributed by atoms with Gasteiger partial charge in [-0.05, 0) is 62.4 Å². The molecule has 3 aromatic rings. The van der Waals surface area contributed by atoms with Crippen LogP contribution < -0.4 is 0 Å². The van der Waals surface area contributed by atoms with Crippen molar-refractivity contribution in [3.63, 3.8) is 0 Å². The fraction of sp³-hybridized carbons (Fsp3) is 0.348. The number of aryl methyl sites for hydroxylation is 2. The van der Waals surface area contributed by atoms with Gasteiger partial charge in [0.1, 0.15) is 0 Å². The minimum absolute atomic E-state index is 0.129. The van der Waals surface area contributed by atoms with Crippen molar-refractivity contribution in [3.8, 4) is 11.3 Å². The van der Waals surface area contributed by atoms with Gasteiger partial charge in [-0.1, -0.05) is 12.1 Å². The van der Waals surface area contributed by atoms with E-state index in [1.807, 2.05) is 49.1 Å². The van der Waals surface area contributed by atoms with Crippen molar-refractivity contribution in [2.45, 2.75) is 45.2 Å². The summed E-state index contributed by atoms with van der Waals surface area (Å²) in [5.41, 5.74) is 3.80. The second-order valence-electron chi connectivity index (χ2n) is 7.54. The summed E-state index contributed by atoms with van der Waals surface area (Å²) in [7, 11) is 0. The molecule has 1 aliphatic heterocycles. The van der Waals surface area contributed by atoms with E-state index in [1.54, 1.807) is 6.20 Å². The molecule has 0 radical (unpaired) electrons. The molecule has 0 saturated carbocycles. The molecule has 1 atom stereocenters. The molecule has 1 aliphatic rings. The number of benzene rings is 1. The van der Waals surface area contributed by atoms with E-state index in [-0.39, 0.29) is 11.9 Å². The van der Waals surface area contributed by atoms with E-state index in [4.69, 9.17) is 0 Å². The Morgan fingerprint density at radius 3 is 2.93 bits per heavy atom. The lowest BCUT2D eigenvalue weighted by molar-refractivity contribution is 0.0595. The zero-order chi connectivity index (χ0) is 19.3. The maximum atomic E-state index is 13.3. The van der Waals surface area contributed by atoms with Crippen LogP contribution in [0.2, 0.25) is 0 Å². The van der Waals surface area contributed by atoms with Crippen molar-refractivity contribution in [2.75, 3.05) is 6.54 Å². The average Bonchev–Trinajstić information content (AvgIpc) is 3.26. The van der Waals surface area contributed by atoms with Crippen LogP contribution in [0.4, 0.5) is 0 Å². The lowest BCUT2D eigenvalue weighted by atomic mass is 9.97. The number of hydrogen-bond acceptors (Lipinski definition) is 3. The van der Waals surface area contributed by atoms with Crippen molar-refractivity contribution in [1.82, 2.24) is 19.4 Å². The molecule has 1 saturated heterocycles. The van der Waals surface area contributed by atoms with Gasteiger partial charge in [0.2, 0.25) is 0 Å². The highest BCUT2D eigenvalue weighted by atomic mass is 16.2. The Bertz CT molecular complexity index is 935. The maximum Gasteiger partial charge on any atom is 0.254 e. The lowest BCUT2D eigenvalue weighted by Crippen LogP contribution is -2.44. The third-order valence-corrected chi connectivity index (χ3v) is 5.49. The number of piperidine rings is 1. The molecule has 1 fully saturated rings. The van der Waals surface area contributed by atoms with Gasteiger partial charge in [0, 0.05) is 48.8 Å². The summed E-state index contributed by atoms with van der Waals surface area (Å²) in [5, 5.41) is 0. The number of aromatic nitrogens is 3. The molecule has 2 aromatic heterocycles. The second-order valence-corrected chi connectivity index (χ2v) is 7.54. The number of carbonyl (C=O) groups is 1. The van der Waals surface area contributed by atoms with Gasteiger partial charge in [-0.2, -0.15) is 0 Å². The van der Waals surface area contributed by atoms with Crippen LogP contribution in [0.15, 0.2) is 61.3 Å². The molecule has 5 heteroatoms. The van der Waals surface area contributed by atoms with E-state index in [0.717, 1.165) is 54.7 Å². The van der Waals surface area contributed by atoms with Gasteiger partial charge in [0.15, 0.2) is 0 Å². The van der Waals surface area contributed by atoms with E-state index in [0.29, 0.717) is 0 Å². The molecule has 1 amide bonds. The number of imidazole rings is 1. The van der Waals surface area contributed by atoms with Crippen molar-refractivity contribution in [1.29, 1.82) is 0 Å². The molecular weight excluding hydrogens is 348 g/mol. The number of likely N-dealkylation sites (tertiary alicyclic amines) is 1. The van der Waals surface area contributed by atoms with Crippen molar-refractivity contribution in [3.05, 3.63) is 72.4 Å². The van der Waals surface area contributed by atoms with E-state index >= 15 is 0 Å². The maximum absolute atomic E-state index is 13.3. The molecule has 0 unspecified atom stereocenters. The third kappa shape index (κ3) is 4.14. The molecule has 0 N–H and O–H groups in total. The standard InChI is InChI=1S/C23H26N4O/c1-18-8-10-25-22(15-18)19-5-4-6-20(16-19)23(28)27-12-3-2-7-21(27)9-13-26-14-11-24-17-26/h4-6,8,10-11,14-17,21H,2-3,7,9,12-13H2,1H3/t21-/m0/s1. The SMILES string of the molecule is Cc1ccnc(-c2cccc(C(=O)N3CCCC[C@H]3CCn3ccnc3)c2)c1. The Kier molecular flexibility index (Phi) is 5.51. The predicted octanol–water partition coefficient (Wildman–Crippen LogP) is 4.34. The fourth-order valence-corrected chi connectivity index (χ4v) is 3.96. The number of carbonyl (C=O) groups excluding carboxylic acids is 1. The highest BCUT2D eigenvalue weighted by molar-refractivity contribution is 5.95. The van der Waals surface area contributed by atoms with Crippen molar-refractivity contribution in [2.24, 2.45) is 0 Å². The van der Waals surface area contributed by atoms with E-state index in [9.17, 15) is 4.79 Å². The topological polar surface area (TPSA) is 51.0 Å². The number of nitrogens with zero attached hydrogens (tertiary/aromatic N) is 4. The Balaban J connectivity index is 1.52. The summed E-state index contributed by atoms with van der Waals surface area (Å²) in [5.74, 6) is 0.129. The Morgan fingerprint density at radius 1 is 1.18 bits per heavy atom. The normalized spacial score (nSPS) is 16.9. The lowest BCUT2D eigenvalue weighted by Gasteiger charge is -2.36. The molecule has 5 nitrogen and oxygen atoms in total. The van der Waals surface area contributed by atoms with Gasteiger partial charge in [-0.3, -0.25) is 9.78 Å². The van der Waals surface area contributed by atoms with Crippen LogP contribution in [-0.2, 0) is 6.54 Å². The number of amides is 1. The minimum Gasteiger partial charge on any atom is -0.337 e. The van der Waals surface area contributed by atoms with Crippen molar-refractivity contribution < 1.29 is 4.79 Å². The van der Waals surface area contributed by atoms with Gasteiger partial charge in [-0.15, -0.1) is 0 Å². The molecule has 4 rings (SSSR count). The molecule has 0 bridgehead atoms. The molecule has 0 aliphatic carbocycles. The molecule has 28 heavy (non-hydrogen) atoms. The summed E-state index contributed by atoms with van der Waals surface area (Å²) in [4.78, 5) is 24.0. The Hall–Kier alpha value is -2.95. The van der Waals surface area contributed by atoms with Crippen LogP contribution in [0.5, 0.6) is 0 Å². The fourth-order valence-electron chi connectivity index (χ4n) is 3.96. The number of rotatable bonds is 5. The van der Waals surface area contributed by atoms with E-state index in [2.05, 4.69) is 32.4 Å². The van der Waals surface area contributed by atoms with Crippen LogP contribution in [-0.4, -0.2) is 37.9 Å². The highest BCUT2D eigenvalue weighted by Gasteiger charge is 2.27. The van der Waals surface area contributed by atoms with E-state index < -0.39 is 0 Å². The Labute approximate surface area is 166 Å². The molecule has 1 aromatic carbocycles. The molecular formula is C23H26N4O. The van der Waals surface area contributed by atoms with Gasteiger partial charge < -0.3 is 9.47 Å². The van der Waals surface area contributed by atoms with E-state index in [1.165, 1.54) is 6.42 Å². The first kappa shape index (κ1) is 18.4. The monoisotopic (exact) mass is 374 g/mol. The summed E-state index contributed by atoms with van der Waals surface area (Å²) in [6.07, 6.45) is 11.7. The smallest absolute Gasteiger partial charge is 0.254 e. The summed E-state index contributed by atoms with van der Waals surface area (Å²) < 4.78 is 2.08. The van der Waals surface area contributed by atoms with Crippen LogP contribution in [0, 0.1) is 6.92 Å². The van der Waals surface area contributed by atoms with Crippen molar-refractivity contribution >= 4 is 5.91 Å². The predicted molar refractivity (Wildman–Crippen MR) is 110 cm³/mol. The quantitative estimate of drug-likeness (QED) is 0.668. The molecule has 144 valence electrons. The number of pyridine rings is 1. The van der Waals surface area contributed by atoms with Crippen LogP contribution >= 0.6 is 0 Å². The molecule has 3 heterocycles. The summed E-state index contributed by atoms with van der Waals surface area (Å²) in [6, 6.07) is 12.2. The second kappa shape index (κ2) is 8.38. The number of hydrogen-bond donors (Lipinski definition) is 0. The zero-order valence-corrected chi connectivity index (χ0v) is 16.3. The first-order valence-electron chi connectivity index (χ1n) is 10.0. The summed E-state index contributed by atoms with van der Waals surface area (Å²) in [6.45, 7) is 3.78. The van der Waals surface area contributed by atoms with Gasteiger partial charge in [0.05, 0.1) is 12.0 Å². The first-order chi connectivity index (χ1) is 13.7. The van der Waals surface area contributed by atoms with Gasteiger partial charge in [-0.25, -0.2) is 4.98 Å². The Morgan fingerprint density at radius 2 is 2.11 bits per heavy atom. The highest BCUT2D eigenvalue weighted by Crippen LogP contribution is 2.25. The van der Waals surface area contributed by atoms with Crippen LogP contribution in [0.3, 0.4) is 0 Å². The molecule has 0 spiro atoms.